The summed E-state index contributed by atoms with van der Waals surface area (Å²) in [7, 11) is -16.9. The van der Waals surface area contributed by atoms with E-state index in [9.17, 15) is 53.4 Å². The molecule has 0 spiro atoms. The molecule has 272 valence electrons. The first-order chi connectivity index (χ1) is 22.4. The van der Waals surface area contributed by atoms with E-state index in [1.54, 1.807) is 0 Å². The number of amides is 1. The number of hydrogen-bond donors (Lipinski definition) is 7. The summed E-state index contributed by atoms with van der Waals surface area (Å²) in [6, 6.07) is 2.76. The van der Waals surface area contributed by atoms with Gasteiger partial charge < -0.3 is 70.4 Å². The molecule has 0 radical (unpaired) electrons. The van der Waals surface area contributed by atoms with Crippen molar-refractivity contribution < 1.29 is 120 Å². The summed E-state index contributed by atoms with van der Waals surface area (Å²) in [4.78, 5) is 66.6. The zero-order chi connectivity index (χ0) is 35.2. The smallest absolute Gasteiger partial charge is 0.756 e. The van der Waals surface area contributed by atoms with Gasteiger partial charge in [-0.2, -0.15) is 4.57 Å². The maximum Gasteiger partial charge on any atom is 1.00 e. The molecule has 29 heteroatoms. The number of nitrogens with two attached hydrogens (primary N) is 2. The average Bonchev–Trinajstić information content (AvgIpc) is 3.64. The van der Waals surface area contributed by atoms with Gasteiger partial charge in [-0.1, -0.05) is 0 Å². The summed E-state index contributed by atoms with van der Waals surface area (Å²) < 4.78 is 67.4. The summed E-state index contributed by atoms with van der Waals surface area (Å²) in [5, 5.41) is 31.4. The summed E-state index contributed by atoms with van der Waals surface area (Å²) in [6.07, 6.45) is -8.80. The molecule has 10 atom stereocenters. The molecule has 0 aliphatic carbocycles. The predicted octanol–water partition coefficient (Wildman–Crippen LogP) is -7.98. The SMILES string of the molecule is NC(=O)c1ccc[n+](C2OC(COP(=O)([O-])OP(=O)([O-])OCC3OC(n4cnc5c(N)ncnc54)C(OP(=O)(O)O)C3O)C(O)C2O)c1.O.[Na+]. The molecular formula is C21H29N7NaO18P3. The third-order valence-corrected chi connectivity index (χ3v) is 10.0. The third-order valence-electron chi connectivity index (χ3n) is 6.96. The summed E-state index contributed by atoms with van der Waals surface area (Å²) in [5.74, 6) is -0.876. The molecule has 25 nitrogen and oxygen atoms in total. The Morgan fingerprint density at radius 3 is 2.22 bits per heavy atom. The van der Waals surface area contributed by atoms with Crippen LogP contribution < -0.4 is 55.4 Å². The monoisotopic (exact) mass is 783 g/mol. The molecule has 5 heterocycles. The number of phosphoric acid groups is 3. The van der Waals surface area contributed by atoms with Crippen LogP contribution >= 0.6 is 23.5 Å². The molecule has 1 amide bonds. The van der Waals surface area contributed by atoms with E-state index in [0.717, 1.165) is 17.2 Å². The van der Waals surface area contributed by atoms with Crippen molar-refractivity contribution in [1.82, 2.24) is 19.5 Å². The van der Waals surface area contributed by atoms with Gasteiger partial charge in [-0.3, -0.25) is 23.0 Å². The molecule has 0 aromatic carbocycles. The minimum absolute atomic E-state index is 0. The third kappa shape index (κ3) is 9.74. The van der Waals surface area contributed by atoms with Crippen molar-refractivity contribution in [3.63, 3.8) is 0 Å². The molecule has 3 aromatic heterocycles. The Bertz CT molecular complexity index is 1820. The standard InChI is InChI=1S/C21H28N7O17P3.Na.H2O/c22-17-12-19(25-7-24-17)28(8-26-12)21-16(44-46(33,34)35)14(30)11(43-21)6-41-48(38,39)45-47(36,37)40-5-10-13(29)15(31)20(42-10)27-3-1-2-9(4-27)18(23)32;;/h1-4,7-8,10-11,13-16,20-21,29-31H,5-6H2,(H7-,22,23,24,25,32,33,34,35,36,37,38,39);;1H2/q;+1;/p-1. The van der Waals surface area contributed by atoms with Crippen LogP contribution in [-0.4, -0.2) is 106 Å². The molecule has 11 N–H and O–H groups in total. The minimum atomic E-state index is -5.84. The van der Waals surface area contributed by atoms with Crippen LogP contribution in [0.4, 0.5) is 5.82 Å². The van der Waals surface area contributed by atoms with Crippen LogP contribution in [-0.2, 0) is 41.1 Å². The van der Waals surface area contributed by atoms with Gasteiger partial charge in [0.2, 0.25) is 0 Å². The van der Waals surface area contributed by atoms with Gasteiger partial charge in [0.05, 0.1) is 19.5 Å². The molecule has 10 unspecified atom stereocenters. The summed E-state index contributed by atoms with van der Waals surface area (Å²) in [6.45, 7) is -2.21. The van der Waals surface area contributed by atoms with Gasteiger partial charge in [0, 0.05) is 6.07 Å². The van der Waals surface area contributed by atoms with E-state index in [2.05, 4.69) is 32.8 Å². The van der Waals surface area contributed by atoms with Gasteiger partial charge in [0.1, 0.15) is 47.9 Å². The van der Waals surface area contributed by atoms with Gasteiger partial charge in [-0.25, -0.2) is 23.8 Å². The fourth-order valence-electron chi connectivity index (χ4n) is 4.82. The zero-order valence-corrected chi connectivity index (χ0v) is 30.0. The Morgan fingerprint density at radius 1 is 1.00 bits per heavy atom. The number of anilines is 1. The number of aromatic nitrogens is 5. The number of hydrogen-bond acceptors (Lipinski definition) is 19. The molecule has 3 aromatic rings. The molecule has 2 saturated heterocycles. The largest absolute Gasteiger partial charge is 1.00 e. The molecule has 2 aliphatic heterocycles. The number of nitrogen functional groups attached to an aromatic ring is 1. The van der Waals surface area contributed by atoms with Gasteiger partial charge in [-0.05, 0) is 6.07 Å². The molecule has 5 rings (SSSR count). The van der Waals surface area contributed by atoms with E-state index >= 15 is 0 Å². The van der Waals surface area contributed by atoms with Crippen molar-refractivity contribution in [2.75, 3.05) is 18.9 Å². The number of carbonyl (C=O) groups is 1. The van der Waals surface area contributed by atoms with Crippen molar-refractivity contribution in [3.05, 3.63) is 42.7 Å². The number of phosphoric ester groups is 3. The first-order valence-electron chi connectivity index (χ1n) is 13.3. The van der Waals surface area contributed by atoms with E-state index in [-0.39, 0.29) is 57.6 Å². The number of nitrogens with zero attached hydrogens (tertiary/aromatic N) is 5. The van der Waals surface area contributed by atoms with Crippen molar-refractivity contribution in [3.8, 4) is 0 Å². The first-order valence-corrected chi connectivity index (χ1v) is 17.8. The zero-order valence-electron chi connectivity index (χ0n) is 25.4. The number of aliphatic hydroxyl groups excluding tert-OH is 3. The molecule has 2 aliphatic rings. The van der Waals surface area contributed by atoms with Crippen LogP contribution in [0.15, 0.2) is 37.2 Å². The summed E-state index contributed by atoms with van der Waals surface area (Å²) in [5.41, 5.74) is 11.0. The number of primary amides is 1. The van der Waals surface area contributed by atoms with E-state index in [1.807, 2.05) is 0 Å². The second-order valence-corrected chi connectivity index (χ2v) is 14.4. The maximum atomic E-state index is 12.4. The van der Waals surface area contributed by atoms with E-state index in [4.69, 9.17) is 20.9 Å². The summed E-state index contributed by atoms with van der Waals surface area (Å²) >= 11 is 0. The van der Waals surface area contributed by atoms with Crippen molar-refractivity contribution in [2.24, 2.45) is 5.73 Å². The van der Waals surface area contributed by atoms with Gasteiger partial charge in [-0.15, -0.1) is 0 Å². The van der Waals surface area contributed by atoms with Crippen LogP contribution in [0.3, 0.4) is 0 Å². The second kappa shape index (κ2) is 16.4. The molecule has 50 heavy (non-hydrogen) atoms. The number of imidazole rings is 1. The van der Waals surface area contributed by atoms with Crippen molar-refractivity contribution >= 4 is 46.4 Å². The second-order valence-electron chi connectivity index (χ2n) is 10.2. The van der Waals surface area contributed by atoms with Gasteiger partial charge in [0.25, 0.3) is 27.8 Å². The van der Waals surface area contributed by atoms with Gasteiger partial charge >= 0.3 is 37.4 Å². The average molecular weight is 783 g/mol. The van der Waals surface area contributed by atoms with Crippen molar-refractivity contribution in [1.29, 1.82) is 0 Å². The minimum Gasteiger partial charge on any atom is -0.756 e. The van der Waals surface area contributed by atoms with E-state index in [0.29, 0.717) is 0 Å². The topological polar surface area (TPSA) is 402 Å². The fourth-order valence-corrected chi connectivity index (χ4v) is 7.38. The number of aliphatic hydroxyl groups is 3. The van der Waals surface area contributed by atoms with Crippen LogP contribution in [0.2, 0.25) is 0 Å². The number of fused-ring (bicyclic) bond motifs is 1. The van der Waals surface area contributed by atoms with Crippen LogP contribution in [0.1, 0.15) is 22.8 Å². The fraction of sp³-hybridized carbons (Fsp3) is 0.476. The van der Waals surface area contributed by atoms with Crippen LogP contribution in [0, 0.1) is 0 Å². The number of pyridine rings is 1. The Morgan fingerprint density at radius 2 is 1.62 bits per heavy atom. The molecule has 0 bridgehead atoms. The Kier molecular flexibility index (Phi) is 14.0. The Balaban J connectivity index is 0.00000338. The van der Waals surface area contributed by atoms with E-state index in [1.165, 1.54) is 29.1 Å². The van der Waals surface area contributed by atoms with Gasteiger partial charge in [0.15, 0.2) is 36.2 Å². The van der Waals surface area contributed by atoms with E-state index < -0.39 is 91.7 Å². The molecular weight excluding hydrogens is 754 g/mol. The Hall–Kier alpha value is -1.90. The quantitative estimate of drug-likeness (QED) is 0.0481. The molecule has 2 fully saturated rings. The first kappa shape index (κ1) is 42.5. The number of carbonyl (C=O) groups excluding carboxylic acids is 1. The predicted molar refractivity (Wildman–Crippen MR) is 149 cm³/mol. The normalized spacial score (nSPS) is 29.1. The maximum absolute atomic E-state index is 12.4. The Labute approximate surface area is 301 Å². The van der Waals surface area contributed by atoms with Crippen LogP contribution in [0.25, 0.3) is 11.2 Å². The molecule has 0 saturated carbocycles. The van der Waals surface area contributed by atoms with Crippen molar-refractivity contribution in [2.45, 2.75) is 49.1 Å². The van der Waals surface area contributed by atoms with Crippen LogP contribution in [0.5, 0.6) is 0 Å². The number of ether oxygens (including phenoxy) is 2. The number of rotatable bonds is 13.